The van der Waals surface area contributed by atoms with Crippen LogP contribution in [0.15, 0.2) is 24.3 Å². The van der Waals surface area contributed by atoms with Crippen molar-refractivity contribution in [2.45, 2.75) is 6.54 Å². The van der Waals surface area contributed by atoms with Crippen LogP contribution in [-0.2, 0) is 11.3 Å². The summed E-state index contributed by atoms with van der Waals surface area (Å²) < 4.78 is 4.56. The molecule has 0 atom stereocenters. The molecule has 0 spiro atoms. The molecule has 0 aliphatic heterocycles. The van der Waals surface area contributed by atoms with Gasteiger partial charge in [0.25, 0.3) is 0 Å². The normalized spacial score (nSPS) is 9.69. The lowest BCUT2D eigenvalue weighted by Crippen LogP contribution is -2.04. The summed E-state index contributed by atoms with van der Waals surface area (Å²) in [5, 5.41) is 0. The number of nitrogens with one attached hydrogen (secondary N) is 1. The first-order valence-corrected chi connectivity index (χ1v) is 4.21. The minimum atomic E-state index is -0.321. The average molecular weight is 201 g/mol. The van der Waals surface area contributed by atoms with Gasteiger partial charge in [0, 0.05) is 0 Å². The van der Waals surface area contributed by atoms with Gasteiger partial charge in [-0.15, -0.1) is 0 Å². The van der Waals surface area contributed by atoms with E-state index >= 15 is 0 Å². The SMILES string of the molecule is COC(=O)c1ccc(CN[ClH+])cc1. The van der Waals surface area contributed by atoms with E-state index in [1.54, 1.807) is 12.1 Å². The summed E-state index contributed by atoms with van der Waals surface area (Å²) in [6.07, 6.45) is 0. The third-order valence-electron chi connectivity index (χ3n) is 1.65. The highest BCUT2D eigenvalue weighted by Crippen LogP contribution is 2.05. The lowest BCUT2D eigenvalue weighted by Gasteiger charge is -1.99. The van der Waals surface area contributed by atoms with Crippen molar-refractivity contribution in [1.29, 1.82) is 0 Å². The summed E-state index contributed by atoms with van der Waals surface area (Å²) in [7, 11) is 1.36. The third kappa shape index (κ3) is 2.72. The van der Waals surface area contributed by atoms with Gasteiger partial charge in [0.1, 0.15) is 0 Å². The number of halogens is 1. The Morgan fingerprint density at radius 1 is 1.46 bits per heavy atom. The standard InChI is InChI=1S/C9H11ClNO2/c1-13-9(12)8-4-2-7(3-5-8)6-11-10/h2-5,10-11H,6H2,1H3/q+1. The maximum atomic E-state index is 11.0. The van der Waals surface area contributed by atoms with Crippen molar-refractivity contribution in [1.82, 2.24) is 4.84 Å². The Morgan fingerprint density at radius 2 is 2.08 bits per heavy atom. The second-order valence-corrected chi connectivity index (χ2v) is 2.80. The third-order valence-corrected chi connectivity index (χ3v) is 1.80. The first-order valence-electron chi connectivity index (χ1n) is 3.80. The van der Waals surface area contributed by atoms with E-state index in [2.05, 4.69) is 21.3 Å². The van der Waals surface area contributed by atoms with Gasteiger partial charge in [-0.25, -0.2) is 4.79 Å². The van der Waals surface area contributed by atoms with Crippen molar-refractivity contribution in [2.24, 2.45) is 0 Å². The van der Waals surface area contributed by atoms with Crippen LogP contribution in [0.5, 0.6) is 0 Å². The van der Waals surface area contributed by atoms with Gasteiger partial charge >= 0.3 is 5.97 Å². The Balaban J connectivity index is 2.75. The van der Waals surface area contributed by atoms with Crippen LogP contribution in [0.3, 0.4) is 0 Å². The molecule has 1 N–H and O–H groups in total. The summed E-state index contributed by atoms with van der Waals surface area (Å²) in [6, 6.07) is 7.11. The zero-order chi connectivity index (χ0) is 9.68. The zero-order valence-corrected chi connectivity index (χ0v) is 8.06. The van der Waals surface area contributed by atoms with Crippen molar-refractivity contribution in [3.63, 3.8) is 0 Å². The summed E-state index contributed by atoms with van der Waals surface area (Å²) in [5.41, 5.74) is 1.60. The average Bonchev–Trinajstić information content (AvgIpc) is 2.18. The number of carbonyl (C=O) groups excluding carboxylic acids is 1. The summed E-state index contributed by atoms with van der Waals surface area (Å²) >= 11 is 4.60. The highest BCUT2D eigenvalue weighted by molar-refractivity contribution is 5.89. The van der Waals surface area contributed by atoms with Gasteiger partial charge in [-0.05, 0) is 17.7 Å². The predicted octanol–water partition coefficient (Wildman–Crippen LogP) is 0.759. The number of hydrogen-bond donors (Lipinski definition) is 1. The predicted molar refractivity (Wildman–Crippen MR) is 46.0 cm³/mol. The van der Waals surface area contributed by atoms with E-state index in [0.29, 0.717) is 12.1 Å². The van der Waals surface area contributed by atoms with E-state index in [1.165, 1.54) is 7.11 Å². The van der Waals surface area contributed by atoms with Crippen LogP contribution in [0.4, 0.5) is 0 Å². The number of benzene rings is 1. The molecule has 0 unspecified atom stereocenters. The Kier molecular flexibility index (Phi) is 3.73. The van der Waals surface area contributed by atoms with E-state index in [9.17, 15) is 4.79 Å². The van der Waals surface area contributed by atoms with Crippen LogP contribution in [0.1, 0.15) is 15.9 Å². The molecule has 0 amide bonds. The summed E-state index contributed by atoms with van der Waals surface area (Å²) in [4.78, 5) is 13.6. The van der Waals surface area contributed by atoms with Crippen molar-refractivity contribution in [2.75, 3.05) is 7.11 Å². The molecule has 1 rings (SSSR count). The maximum absolute atomic E-state index is 11.0. The van der Waals surface area contributed by atoms with Gasteiger partial charge in [-0.2, -0.15) is 0 Å². The van der Waals surface area contributed by atoms with Crippen LogP contribution in [0, 0.1) is 11.8 Å². The highest BCUT2D eigenvalue weighted by Gasteiger charge is 2.03. The van der Waals surface area contributed by atoms with Crippen molar-refractivity contribution in [3.8, 4) is 0 Å². The minimum absolute atomic E-state index is 0.321. The fourth-order valence-electron chi connectivity index (χ4n) is 0.960. The molecule has 3 nitrogen and oxygen atoms in total. The molecule has 1 aromatic carbocycles. The minimum Gasteiger partial charge on any atom is -0.465 e. The number of rotatable bonds is 3. The molecule has 0 heterocycles. The van der Waals surface area contributed by atoms with Crippen molar-refractivity contribution in [3.05, 3.63) is 35.4 Å². The van der Waals surface area contributed by atoms with Gasteiger partial charge < -0.3 is 4.74 Å². The van der Waals surface area contributed by atoms with Crippen LogP contribution in [-0.4, -0.2) is 13.1 Å². The van der Waals surface area contributed by atoms with Gasteiger partial charge in [-0.3, -0.25) is 0 Å². The number of carbonyl (C=O) groups is 1. The lowest BCUT2D eigenvalue weighted by atomic mass is 10.1. The molecule has 13 heavy (non-hydrogen) atoms. The van der Waals surface area contributed by atoms with E-state index in [-0.39, 0.29) is 5.97 Å². The van der Waals surface area contributed by atoms with E-state index in [1.807, 2.05) is 12.1 Å². The molecule has 0 aromatic heterocycles. The summed E-state index contributed by atoms with van der Waals surface area (Å²) in [5.74, 6) is -0.321. The smallest absolute Gasteiger partial charge is 0.337 e. The second kappa shape index (κ2) is 4.84. The Morgan fingerprint density at radius 3 is 2.54 bits per heavy atom. The molecule has 70 valence electrons. The van der Waals surface area contributed by atoms with Gasteiger partial charge in [0.2, 0.25) is 11.8 Å². The van der Waals surface area contributed by atoms with E-state index < -0.39 is 0 Å². The molecule has 0 saturated carbocycles. The van der Waals surface area contributed by atoms with E-state index in [4.69, 9.17) is 0 Å². The number of hydrogen-bond acceptors (Lipinski definition) is 3. The molecular formula is C9H11ClNO2+. The number of methoxy groups -OCH3 is 1. The first kappa shape index (κ1) is 10.0. The molecule has 0 bridgehead atoms. The van der Waals surface area contributed by atoms with Crippen LogP contribution in [0.25, 0.3) is 0 Å². The molecule has 1 aromatic rings. The highest BCUT2D eigenvalue weighted by atomic mass is 35.5. The lowest BCUT2D eigenvalue weighted by molar-refractivity contribution is -0.446. The van der Waals surface area contributed by atoms with E-state index in [0.717, 1.165) is 5.56 Å². The molecule has 4 heteroatoms. The largest absolute Gasteiger partial charge is 0.465 e. The van der Waals surface area contributed by atoms with Gasteiger partial charge in [-0.1, -0.05) is 17.0 Å². The van der Waals surface area contributed by atoms with Gasteiger partial charge in [0.05, 0.1) is 19.2 Å². The molecular weight excluding hydrogens is 190 g/mol. The summed E-state index contributed by atoms with van der Waals surface area (Å²) in [6.45, 7) is 0.622. The monoisotopic (exact) mass is 200 g/mol. The number of ether oxygens (including phenoxy) is 1. The second-order valence-electron chi connectivity index (χ2n) is 2.51. The zero-order valence-electron chi connectivity index (χ0n) is 7.24. The first-order chi connectivity index (χ1) is 6.27. The topological polar surface area (TPSA) is 38.3 Å². The fraction of sp³-hybridized carbons (Fsp3) is 0.222. The fourth-order valence-corrected chi connectivity index (χ4v) is 1.13. The number of esters is 1. The van der Waals surface area contributed by atoms with Crippen LogP contribution >= 0.6 is 0 Å². The molecule has 0 aliphatic rings. The Bertz CT molecular complexity index is 284. The van der Waals surface area contributed by atoms with Gasteiger partial charge in [0.15, 0.2) is 0 Å². The molecule has 0 fully saturated rings. The van der Waals surface area contributed by atoms with Crippen molar-refractivity contribution < 1.29 is 21.3 Å². The van der Waals surface area contributed by atoms with Crippen LogP contribution in [0.2, 0.25) is 0 Å². The Labute approximate surface area is 81.8 Å². The molecule has 0 saturated heterocycles. The maximum Gasteiger partial charge on any atom is 0.337 e. The molecule has 0 aliphatic carbocycles. The van der Waals surface area contributed by atoms with Crippen molar-refractivity contribution >= 4 is 5.97 Å². The quantitative estimate of drug-likeness (QED) is 0.579. The Hall–Kier alpha value is -1.06. The van der Waals surface area contributed by atoms with Crippen LogP contribution < -0.4 is 4.84 Å². The molecule has 0 radical (unpaired) electrons.